The van der Waals surface area contributed by atoms with Crippen LogP contribution in [0.15, 0.2) is 23.1 Å². The van der Waals surface area contributed by atoms with Gasteiger partial charge in [0, 0.05) is 31.4 Å². The molecule has 0 radical (unpaired) electrons. The largest absolute Gasteiger partial charge is 0.385 e. The lowest BCUT2D eigenvalue weighted by Gasteiger charge is -2.12. The van der Waals surface area contributed by atoms with Gasteiger partial charge in [0.25, 0.3) is 5.69 Å². The van der Waals surface area contributed by atoms with Crippen molar-refractivity contribution in [1.82, 2.24) is 9.62 Å². The fraction of sp³-hybridized carbons (Fsp3) is 0.500. The number of anilines is 1. The second-order valence-corrected chi connectivity index (χ2v) is 6.41. The smallest absolute Gasteiger partial charge is 0.289 e. The maximum atomic E-state index is 12.2. The molecule has 0 aliphatic heterocycles. The molecule has 21 heavy (non-hydrogen) atoms. The summed E-state index contributed by atoms with van der Waals surface area (Å²) in [7, 11) is -0.315. The van der Waals surface area contributed by atoms with E-state index in [1.807, 2.05) is 25.9 Å². The zero-order valence-electron chi connectivity index (χ0n) is 12.3. The molecule has 1 rings (SSSR count). The normalized spacial score (nSPS) is 11.6. The highest BCUT2D eigenvalue weighted by Crippen LogP contribution is 2.26. The molecule has 0 saturated carbocycles. The van der Waals surface area contributed by atoms with Crippen molar-refractivity contribution in [3.8, 4) is 0 Å². The Morgan fingerprint density at radius 2 is 2.00 bits per heavy atom. The van der Waals surface area contributed by atoms with Crippen LogP contribution in [0.3, 0.4) is 0 Å². The highest BCUT2D eigenvalue weighted by atomic mass is 32.2. The minimum atomic E-state index is -3.93. The predicted octanol–water partition coefficient (Wildman–Crippen LogP) is 0.866. The van der Waals surface area contributed by atoms with Crippen LogP contribution >= 0.6 is 0 Å². The number of nitrogens with one attached hydrogen (secondary N) is 2. The second kappa shape index (κ2) is 7.34. The van der Waals surface area contributed by atoms with Crippen molar-refractivity contribution in [2.45, 2.75) is 11.8 Å². The third-order valence-electron chi connectivity index (χ3n) is 2.68. The van der Waals surface area contributed by atoms with Gasteiger partial charge in [-0.1, -0.05) is 0 Å². The second-order valence-electron chi connectivity index (χ2n) is 4.67. The number of nitro benzene ring substituents is 1. The van der Waals surface area contributed by atoms with Gasteiger partial charge in [-0.3, -0.25) is 10.1 Å². The van der Waals surface area contributed by atoms with Gasteiger partial charge in [0.2, 0.25) is 10.0 Å². The molecule has 0 bridgehead atoms. The lowest BCUT2D eigenvalue weighted by Crippen LogP contribution is -2.31. The third kappa shape index (κ3) is 4.96. The minimum absolute atomic E-state index is 0.178. The van der Waals surface area contributed by atoms with Gasteiger partial charge < -0.3 is 10.2 Å². The van der Waals surface area contributed by atoms with Crippen LogP contribution in [0.25, 0.3) is 0 Å². The first-order valence-electron chi connectivity index (χ1n) is 6.44. The van der Waals surface area contributed by atoms with E-state index in [2.05, 4.69) is 10.0 Å². The van der Waals surface area contributed by atoms with Crippen molar-refractivity contribution >= 4 is 21.4 Å². The first-order chi connectivity index (χ1) is 9.77. The van der Waals surface area contributed by atoms with Crippen molar-refractivity contribution in [2.24, 2.45) is 0 Å². The van der Waals surface area contributed by atoms with Crippen LogP contribution in [0.4, 0.5) is 11.4 Å². The molecule has 0 aliphatic rings. The molecule has 9 heteroatoms. The Morgan fingerprint density at radius 1 is 1.33 bits per heavy atom. The van der Waals surface area contributed by atoms with Crippen LogP contribution in [-0.4, -0.2) is 52.0 Å². The molecule has 0 heterocycles. The van der Waals surface area contributed by atoms with Crippen molar-refractivity contribution < 1.29 is 13.3 Å². The average molecular weight is 316 g/mol. The molecule has 118 valence electrons. The van der Waals surface area contributed by atoms with Crippen LogP contribution < -0.4 is 10.0 Å². The van der Waals surface area contributed by atoms with Crippen LogP contribution in [0, 0.1) is 10.1 Å². The summed E-state index contributed by atoms with van der Waals surface area (Å²) in [5.74, 6) is 0. The minimum Gasteiger partial charge on any atom is -0.385 e. The summed E-state index contributed by atoms with van der Waals surface area (Å²) in [6.07, 6.45) is 0. The molecular weight excluding hydrogens is 296 g/mol. The zero-order chi connectivity index (χ0) is 16.0. The molecule has 0 unspecified atom stereocenters. The van der Waals surface area contributed by atoms with E-state index in [-0.39, 0.29) is 11.4 Å². The summed E-state index contributed by atoms with van der Waals surface area (Å²) in [4.78, 5) is 11.8. The number of nitro groups is 1. The molecule has 0 aliphatic carbocycles. The number of rotatable bonds is 8. The van der Waals surface area contributed by atoms with Gasteiger partial charge in [0.15, 0.2) is 4.90 Å². The summed E-state index contributed by atoms with van der Waals surface area (Å²) >= 11 is 0. The lowest BCUT2D eigenvalue weighted by atomic mass is 10.3. The monoisotopic (exact) mass is 316 g/mol. The molecule has 0 aromatic heterocycles. The highest BCUT2D eigenvalue weighted by Gasteiger charge is 2.25. The summed E-state index contributed by atoms with van der Waals surface area (Å²) in [5.41, 5.74) is 0.0880. The first-order valence-corrected chi connectivity index (χ1v) is 7.93. The Labute approximate surface area is 124 Å². The Kier molecular flexibility index (Phi) is 6.06. The van der Waals surface area contributed by atoms with Gasteiger partial charge >= 0.3 is 0 Å². The average Bonchev–Trinajstić information content (AvgIpc) is 2.38. The fourth-order valence-electron chi connectivity index (χ4n) is 1.68. The van der Waals surface area contributed by atoms with Gasteiger partial charge in [-0.2, -0.15) is 0 Å². The van der Waals surface area contributed by atoms with Crippen molar-refractivity contribution in [1.29, 1.82) is 0 Å². The molecule has 0 amide bonds. The molecule has 1 aromatic rings. The van der Waals surface area contributed by atoms with E-state index in [4.69, 9.17) is 0 Å². The van der Waals surface area contributed by atoms with Gasteiger partial charge in [-0.05, 0) is 33.2 Å². The number of sulfonamides is 1. The molecule has 1 aromatic carbocycles. The molecular formula is C12H20N4O4S. The molecule has 0 fully saturated rings. The highest BCUT2D eigenvalue weighted by molar-refractivity contribution is 7.89. The van der Waals surface area contributed by atoms with Crippen molar-refractivity contribution in [3.05, 3.63) is 28.3 Å². The van der Waals surface area contributed by atoms with E-state index >= 15 is 0 Å². The lowest BCUT2D eigenvalue weighted by molar-refractivity contribution is -0.387. The predicted molar refractivity (Wildman–Crippen MR) is 81.0 cm³/mol. The standard InChI is InChI=1S/C12H20N4O4S/c1-4-13-10-5-6-11(16(17)18)12(9-10)21(19,20)14-7-8-15(2)3/h5-6,9,13-14H,4,7-8H2,1-3H3. The number of benzene rings is 1. The van der Waals surface area contributed by atoms with E-state index in [1.54, 1.807) is 0 Å². The molecule has 8 nitrogen and oxygen atoms in total. The van der Waals surface area contributed by atoms with E-state index in [0.717, 1.165) is 0 Å². The Morgan fingerprint density at radius 3 is 2.52 bits per heavy atom. The van der Waals surface area contributed by atoms with Crippen LogP contribution in [0.2, 0.25) is 0 Å². The summed E-state index contributed by atoms with van der Waals surface area (Å²) < 4.78 is 26.8. The Balaban J connectivity index is 3.11. The Hall–Kier alpha value is -1.71. The SMILES string of the molecule is CCNc1ccc([N+](=O)[O-])c(S(=O)(=O)NCCN(C)C)c1. The summed E-state index contributed by atoms with van der Waals surface area (Å²) in [5, 5.41) is 13.9. The number of hydrogen-bond acceptors (Lipinski definition) is 6. The molecule has 0 spiro atoms. The topological polar surface area (TPSA) is 105 Å². The maximum absolute atomic E-state index is 12.2. The Bertz CT molecular complexity index is 601. The van der Waals surface area contributed by atoms with E-state index in [0.29, 0.717) is 18.8 Å². The fourth-order valence-corrected chi connectivity index (χ4v) is 2.89. The van der Waals surface area contributed by atoms with Gasteiger partial charge in [0.1, 0.15) is 0 Å². The quantitative estimate of drug-likeness (QED) is 0.544. The van der Waals surface area contributed by atoms with Crippen LogP contribution in [0.1, 0.15) is 6.92 Å². The van der Waals surface area contributed by atoms with E-state index in [1.165, 1.54) is 18.2 Å². The number of likely N-dealkylation sites (N-methyl/N-ethyl adjacent to an activating group) is 1. The molecule has 0 atom stereocenters. The van der Waals surface area contributed by atoms with Crippen molar-refractivity contribution in [2.75, 3.05) is 39.0 Å². The zero-order valence-corrected chi connectivity index (χ0v) is 13.1. The number of nitrogens with zero attached hydrogens (tertiary/aromatic N) is 2. The van der Waals surface area contributed by atoms with Crippen molar-refractivity contribution in [3.63, 3.8) is 0 Å². The molecule has 0 saturated heterocycles. The van der Waals surface area contributed by atoms with E-state index < -0.39 is 20.6 Å². The van der Waals surface area contributed by atoms with Gasteiger partial charge in [-0.25, -0.2) is 13.1 Å². The van der Waals surface area contributed by atoms with E-state index in [9.17, 15) is 18.5 Å². The van der Waals surface area contributed by atoms with Gasteiger partial charge in [-0.15, -0.1) is 0 Å². The van der Waals surface area contributed by atoms with Crippen LogP contribution in [-0.2, 0) is 10.0 Å². The molecule has 2 N–H and O–H groups in total. The summed E-state index contributed by atoms with van der Waals surface area (Å²) in [6, 6.07) is 3.96. The number of hydrogen-bond donors (Lipinski definition) is 2. The maximum Gasteiger partial charge on any atom is 0.289 e. The van der Waals surface area contributed by atoms with Gasteiger partial charge in [0.05, 0.1) is 4.92 Å². The van der Waals surface area contributed by atoms with Crippen LogP contribution in [0.5, 0.6) is 0 Å². The summed E-state index contributed by atoms with van der Waals surface area (Å²) in [6.45, 7) is 3.12. The first kappa shape index (κ1) is 17.3. The third-order valence-corrected chi connectivity index (χ3v) is 4.17.